The lowest BCUT2D eigenvalue weighted by atomic mass is 9.98. The number of carbonyl (C=O) groups is 2. The highest BCUT2D eigenvalue weighted by Gasteiger charge is 2.65. The minimum Gasteiger partial charge on any atom is -0.497 e. The highest BCUT2D eigenvalue weighted by atomic mass is 32.2. The largest absolute Gasteiger partial charge is 0.497 e. The van der Waals surface area contributed by atoms with Crippen molar-refractivity contribution in [2.45, 2.75) is 20.7 Å². The summed E-state index contributed by atoms with van der Waals surface area (Å²) >= 11 is 2.79. The Morgan fingerprint density at radius 2 is 1.50 bits per heavy atom. The van der Waals surface area contributed by atoms with Crippen LogP contribution in [0.1, 0.15) is 15.7 Å². The zero-order valence-electron chi connectivity index (χ0n) is 17.1. The fourth-order valence-electron chi connectivity index (χ4n) is 3.99. The van der Waals surface area contributed by atoms with E-state index in [4.69, 9.17) is 4.74 Å². The lowest BCUT2D eigenvalue weighted by molar-refractivity contribution is -0.164. The molecule has 3 heterocycles. The number of aliphatic hydroxyl groups is 1. The summed E-state index contributed by atoms with van der Waals surface area (Å²) in [5.74, 6) is 0.315. The predicted molar refractivity (Wildman–Crippen MR) is 119 cm³/mol. The molecule has 3 aliphatic heterocycles. The maximum absolute atomic E-state index is 13.7. The molecule has 2 bridgehead atoms. The van der Waals surface area contributed by atoms with Gasteiger partial charge < -0.3 is 19.6 Å². The van der Waals surface area contributed by atoms with Gasteiger partial charge >= 0.3 is 0 Å². The summed E-state index contributed by atoms with van der Waals surface area (Å²) in [5.41, 5.74) is 1.94. The number of amides is 2. The summed E-state index contributed by atoms with van der Waals surface area (Å²) in [6, 6.07) is 17.4. The Hall–Kier alpha value is -2.16. The van der Waals surface area contributed by atoms with Gasteiger partial charge in [0.25, 0.3) is 11.8 Å². The quantitative estimate of drug-likeness (QED) is 0.765. The number of carbonyl (C=O) groups excluding carboxylic acids is 2. The lowest BCUT2D eigenvalue weighted by Crippen LogP contribution is -2.73. The minimum absolute atomic E-state index is 0.170. The number of benzene rings is 2. The zero-order valence-corrected chi connectivity index (χ0v) is 18.7. The molecule has 0 aromatic heterocycles. The maximum atomic E-state index is 13.7. The molecule has 6 nitrogen and oxygen atoms in total. The van der Waals surface area contributed by atoms with Gasteiger partial charge in [0.05, 0.1) is 18.3 Å². The predicted octanol–water partition coefficient (Wildman–Crippen LogP) is 2.73. The van der Waals surface area contributed by atoms with Crippen LogP contribution < -0.4 is 4.74 Å². The summed E-state index contributed by atoms with van der Waals surface area (Å²) in [4.78, 5) is 27.7. The fraction of sp³-hybridized carbons (Fsp3) is 0.364. The molecular formula is C22H24N2O4S2. The standard InChI is InChI=1S/C22H24N2O4S2/c1-23-20(27)22(14-25)24(2)19(26)21(23,13-15-7-5-4-6-8-15)29-18(30-22)16-9-11-17(28-3)12-10-16/h4-12,18,25H,13-14H2,1-3H3. The third-order valence-corrected chi connectivity index (χ3v) is 9.35. The number of fused-ring (bicyclic) bond motifs is 4. The van der Waals surface area contributed by atoms with Crippen molar-refractivity contribution in [3.63, 3.8) is 0 Å². The molecule has 0 spiro atoms. The van der Waals surface area contributed by atoms with Crippen LogP contribution in [0.4, 0.5) is 0 Å². The second kappa shape index (κ2) is 7.83. The highest BCUT2D eigenvalue weighted by Crippen LogP contribution is 2.60. The number of ether oxygens (including phenoxy) is 1. The van der Waals surface area contributed by atoms with Crippen LogP contribution in [0, 0.1) is 0 Å². The summed E-state index contributed by atoms with van der Waals surface area (Å²) in [6.45, 7) is -0.447. The third kappa shape index (κ3) is 3.09. The second-order valence-corrected chi connectivity index (χ2v) is 10.5. The Morgan fingerprint density at radius 1 is 0.933 bits per heavy atom. The van der Waals surface area contributed by atoms with E-state index in [0.717, 1.165) is 16.9 Å². The first-order chi connectivity index (χ1) is 14.4. The third-order valence-electron chi connectivity index (χ3n) is 5.85. The topological polar surface area (TPSA) is 70.1 Å². The van der Waals surface area contributed by atoms with E-state index >= 15 is 0 Å². The fourth-order valence-corrected chi connectivity index (χ4v) is 7.72. The van der Waals surface area contributed by atoms with Gasteiger partial charge in [-0.25, -0.2) is 0 Å². The maximum Gasteiger partial charge on any atom is 0.262 e. The Kier molecular flexibility index (Phi) is 5.50. The first kappa shape index (κ1) is 21.1. The summed E-state index contributed by atoms with van der Waals surface area (Å²) in [5, 5.41) is 10.3. The number of piperazine rings is 1. The number of thioether (sulfide) groups is 2. The number of methoxy groups -OCH3 is 1. The molecule has 3 fully saturated rings. The van der Waals surface area contributed by atoms with Crippen molar-refractivity contribution in [3.05, 3.63) is 65.7 Å². The number of nitrogens with zero attached hydrogens (tertiary/aromatic N) is 2. The van der Waals surface area contributed by atoms with Crippen molar-refractivity contribution in [2.24, 2.45) is 0 Å². The molecule has 158 valence electrons. The van der Waals surface area contributed by atoms with Crippen LogP contribution in [-0.4, -0.2) is 64.3 Å². The minimum atomic E-state index is -1.35. The van der Waals surface area contributed by atoms with Crippen LogP contribution >= 0.6 is 23.5 Å². The van der Waals surface area contributed by atoms with Crippen LogP contribution in [0.15, 0.2) is 54.6 Å². The van der Waals surface area contributed by atoms with Crippen molar-refractivity contribution in [1.82, 2.24) is 9.80 Å². The van der Waals surface area contributed by atoms with Crippen LogP contribution in [0.25, 0.3) is 0 Å². The van der Waals surface area contributed by atoms with Gasteiger partial charge in [-0.15, -0.1) is 23.5 Å². The van der Waals surface area contributed by atoms with Crippen LogP contribution in [0.5, 0.6) is 5.75 Å². The van der Waals surface area contributed by atoms with Crippen molar-refractivity contribution < 1.29 is 19.4 Å². The summed E-state index contributed by atoms with van der Waals surface area (Å²) < 4.78 is 5.04. The van der Waals surface area contributed by atoms with E-state index in [1.54, 1.807) is 26.1 Å². The molecular weight excluding hydrogens is 420 g/mol. The SMILES string of the molecule is COc1ccc(C2SC3(CO)C(=O)N(C)C(Cc4ccccc4)(S2)C(=O)N3C)cc1. The highest BCUT2D eigenvalue weighted by molar-refractivity contribution is 8.18. The average Bonchev–Trinajstić information content (AvgIpc) is 2.94. The molecule has 1 N–H and O–H groups in total. The first-order valence-corrected chi connectivity index (χ1v) is 11.3. The molecule has 5 rings (SSSR count). The second-order valence-electron chi connectivity index (χ2n) is 7.46. The Bertz CT molecular complexity index is 955. The van der Waals surface area contributed by atoms with Crippen molar-refractivity contribution in [3.8, 4) is 5.75 Å². The molecule has 30 heavy (non-hydrogen) atoms. The van der Waals surface area contributed by atoms with Crippen LogP contribution in [0.3, 0.4) is 0 Å². The van der Waals surface area contributed by atoms with Gasteiger partial charge in [0, 0.05) is 20.5 Å². The summed E-state index contributed by atoms with van der Waals surface area (Å²) in [6.07, 6.45) is 0.388. The molecule has 3 aliphatic rings. The number of hydrogen-bond acceptors (Lipinski definition) is 6. The molecule has 3 atom stereocenters. The normalized spacial score (nSPS) is 28.6. The molecule has 2 aromatic carbocycles. The first-order valence-electron chi connectivity index (χ1n) is 9.59. The molecule has 2 aromatic rings. The smallest absolute Gasteiger partial charge is 0.262 e. The van der Waals surface area contributed by atoms with Gasteiger partial charge in [-0.1, -0.05) is 42.5 Å². The van der Waals surface area contributed by atoms with E-state index in [0.29, 0.717) is 6.42 Å². The molecule has 3 unspecified atom stereocenters. The number of rotatable bonds is 5. The monoisotopic (exact) mass is 444 g/mol. The molecule has 8 heteroatoms. The Labute approximate surface area is 184 Å². The molecule has 0 saturated carbocycles. The van der Waals surface area contributed by atoms with Crippen molar-refractivity contribution in [2.75, 3.05) is 27.8 Å². The molecule has 0 aliphatic carbocycles. The van der Waals surface area contributed by atoms with Crippen molar-refractivity contribution >= 4 is 35.3 Å². The van der Waals surface area contributed by atoms with Crippen molar-refractivity contribution in [1.29, 1.82) is 0 Å². The van der Waals surface area contributed by atoms with E-state index in [9.17, 15) is 14.7 Å². The Balaban J connectivity index is 1.84. The van der Waals surface area contributed by atoms with Gasteiger partial charge in [0.2, 0.25) is 0 Å². The van der Waals surface area contributed by atoms with Gasteiger partial charge in [0.1, 0.15) is 5.75 Å². The van der Waals surface area contributed by atoms with Gasteiger partial charge in [-0.2, -0.15) is 0 Å². The summed E-state index contributed by atoms with van der Waals surface area (Å²) in [7, 11) is 4.90. The lowest BCUT2D eigenvalue weighted by Gasteiger charge is -2.50. The molecule has 3 saturated heterocycles. The number of hydrogen-bond donors (Lipinski definition) is 1. The van der Waals surface area contributed by atoms with E-state index in [1.807, 2.05) is 54.6 Å². The van der Waals surface area contributed by atoms with Gasteiger partial charge in [-0.3, -0.25) is 9.59 Å². The van der Waals surface area contributed by atoms with E-state index in [-0.39, 0.29) is 16.4 Å². The van der Waals surface area contributed by atoms with E-state index < -0.39 is 16.3 Å². The van der Waals surface area contributed by atoms with E-state index in [1.165, 1.54) is 28.4 Å². The number of likely N-dealkylation sites (N-methyl/N-ethyl adjacent to an activating group) is 2. The Morgan fingerprint density at radius 3 is 2.10 bits per heavy atom. The number of aliphatic hydroxyl groups excluding tert-OH is 1. The van der Waals surface area contributed by atoms with E-state index in [2.05, 4.69) is 0 Å². The zero-order chi connectivity index (χ0) is 21.5. The van der Waals surface area contributed by atoms with Crippen LogP contribution in [0.2, 0.25) is 0 Å². The van der Waals surface area contributed by atoms with Gasteiger partial charge in [-0.05, 0) is 23.3 Å². The van der Waals surface area contributed by atoms with Crippen LogP contribution in [-0.2, 0) is 16.0 Å². The molecule has 2 amide bonds. The molecule has 0 radical (unpaired) electrons. The van der Waals surface area contributed by atoms with Gasteiger partial charge in [0.15, 0.2) is 9.74 Å². The average molecular weight is 445 g/mol.